The van der Waals surface area contributed by atoms with Crippen molar-refractivity contribution in [2.45, 2.75) is 0 Å². The number of aliphatic imine (C=N–C) groups is 1. The van der Waals surface area contributed by atoms with Gasteiger partial charge in [0.1, 0.15) is 5.69 Å². The summed E-state index contributed by atoms with van der Waals surface area (Å²) in [5.41, 5.74) is 1.08. The fourth-order valence-electron chi connectivity index (χ4n) is 1.22. The summed E-state index contributed by atoms with van der Waals surface area (Å²) in [6, 6.07) is 8.04. The highest BCUT2D eigenvalue weighted by Gasteiger charge is 2.10. The summed E-state index contributed by atoms with van der Waals surface area (Å²) in [6.07, 6.45) is 4.55. The molecule has 0 unspecified atom stereocenters. The highest BCUT2D eigenvalue weighted by atomic mass is 16.6. The number of furan rings is 1. The van der Waals surface area contributed by atoms with E-state index in [0.29, 0.717) is 5.69 Å². The van der Waals surface area contributed by atoms with E-state index in [1.165, 1.54) is 24.8 Å². The van der Waals surface area contributed by atoms with E-state index < -0.39 is 4.92 Å². The fraction of sp³-hybridized carbons (Fsp3) is 0. The first kappa shape index (κ1) is 10.1. The molecule has 1 aromatic heterocycles. The summed E-state index contributed by atoms with van der Waals surface area (Å²) in [5, 5.41) is 10.7. The fourth-order valence-corrected chi connectivity index (χ4v) is 1.22. The molecule has 0 saturated heterocycles. The Morgan fingerprint density at radius 1 is 1.31 bits per heavy atom. The molecule has 0 radical (unpaired) electrons. The summed E-state index contributed by atoms with van der Waals surface area (Å²) in [7, 11) is 0. The van der Waals surface area contributed by atoms with Gasteiger partial charge < -0.3 is 4.42 Å². The zero-order valence-electron chi connectivity index (χ0n) is 8.24. The van der Waals surface area contributed by atoms with Crippen LogP contribution in [0.1, 0.15) is 5.56 Å². The van der Waals surface area contributed by atoms with Crippen molar-refractivity contribution in [1.29, 1.82) is 0 Å². The quantitative estimate of drug-likeness (QED) is 0.450. The van der Waals surface area contributed by atoms with Crippen LogP contribution in [0, 0.1) is 10.1 Å². The van der Waals surface area contributed by atoms with Crippen LogP contribution in [0.15, 0.2) is 52.3 Å². The van der Waals surface area contributed by atoms with Gasteiger partial charge >= 0.3 is 0 Å². The molecule has 0 fully saturated rings. The molecule has 1 aromatic carbocycles. The van der Waals surface area contributed by atoms with Crippen molar-refractivity contribution in [3.05, 3.63) is 58.5 Å². The molecule has 5 heteroatoms. The van der Waals surface area contributed by atoms with Gasteiger partial charge in [0.05, 0.1) is 17.4 Å². The third kappa shape index (κ3) is 2.14. The van der Waals surface area contributed by atoms with Crippen LogP contribution in [0.25, 0.3) is 0 Å². The number of hydrogen-bond donors (Lipinski definition) is 0. The predicted octanol–water partition coefficient (Wildman–Crippen LogP) is 2.94. The minimum absolute atomic E-state index is 0.0118. The number of rotatable bonds is 3. The smallest absolute Gasteiger partial charge is 0.294 e. The average Bonchev–Trinajstić information content (AvgIpc) is 2.79. The SMILES string of the molecule is O=[N+]([O-])c1ccccc1N=Cc1ccoc1. The lowest BCUT2D eigenvalue weighted by atomic mass is 10.3. The summed E-state index contributed by atoms with van der Waals surface area (Å²) in [4.78, 5) is 14.3. The van der Waals surface area contributed by atoms with Gasteiger partial charge in [-0.25, -0.2) is 4.99 Å². The summed E-state index contributed by atoms with van der Waals surface area (Å²) in [6.45, 7) is 0. The maximum atomic E-state index is 10.7. The summed E-state index contributed by atoms with van der Waals surface area (Å²) in [5.74, 6) is 0. The molecule has 0 aliphatic heterocycles. The Morgan fingerprint density at radius 2 is 2.12 bits per heavy atom. The Morgan fingerprint density at radius 3 is 2.81 bits per heavy atom. The lowest BCUT2D eigenvalue weighted by Crippen LogP contribution is -1.87. The van der Waals surface area contributed by atoms with Crippen LogP contribution in [-0.4, -0.2) is 11.1 Å². The number of para-hydroxylation sites is 2. The Kier molecular flexibility index (Phi) is 2.77. The van der Waals surface area contributed by atoms with Crippen molar-refractivity contribution in [1.82, 2.24) is 0 Å². The van der Waals surface area contributed by atoms with E-state index in [0.717, 1.165) is 5.56 Å². The van der Waals surface area contributed by atoms with Gasteiger partial charge in [-0.15, -0.1) is 0 Å². The van der Waals surface area contributed by atoms with E-state index in [1.807, 2.05) is 0 Å². The van der Waals surface area contributed by atoms with E-state index in [-0.39, 0.29) is 5.69 Å². The molecule has 0 N–H and O–H groups in total. The molecule has 0 amide bonds. The average molecular weight is 216 g/mol. The molecule has 0 spiro atoms. The van der Waals surface area contributed by atoms with Gasteiger partial charge in [0.2, 0.25) is 0 Å². The number of nitro benzene ring substituents is 1. The molecule has 0 atom stereocenters. The zero-order valence-corrected chi connectivity index (χ0v) is 8.24. The van der Waals surface area contributed by atoms with Gasteiger partial charge in [-0.1, -0.05) is 12.1 Å². The zero-order chi connectivity index (χ0) is 11.4. The normalized spacial score (nSPS) is 10.8. The molecule has 80 valence electrons. The third-order valence-corrected chi connectivity index (χ3v) is 1.97. The van der Waals surface area contributed by atoms with Gasteiger partial charge in [0, 0.05) is 17.8 Å². The van der Waals surface area contributed by atoms with E-state index in [4.69, 9.17) is 4.42 Å². The molecule has 1 heterocycles. The van der Waals surface area contributed by atoms with Crippen LogP contribution in [0.4, 0.5) is 11.4 Å². The molecule has 0 bridgehead atoms. The maximum Gasteiger partial charge on any atom is 0.294 e. The first-order valence-corrected chi connectivity index (χ1v) is 4.57. The number of hydrogen-bond acceptors (Lipinski definition) is 4. The van der Waals surface area contributed by atoms with E-state index in [9.17, 15) is 10.1 Å². The highest BCUT2D eigenvalue weighted by molar-refractivity contribution is 5.82. The largest absolute Gasteiger partial charge is 0.472 e. The van der Waals surface area contributed by atoms with E-state index in [2.05, 4.69) is 4.99 Å². The number of nitro groups is 1. The van der Waals surface area contributed by atoms with E-state index >= 15 is 0 Å². The minimum atomic E-state index is -0.456. The Labute approximate surface area is 91.2 Å². The van der Waals surface area contributed by atoms with Crippen molar-refractivity contribution in [2.75, 3.05) is 0 Å². The van der Waals surface area contributed by atoms with E-state index in [1.54, 1.807) is 24.3 Å². The lowest BCUT2D eigenvalue weighted by Gasteiger charge is -1.95. The monoisotopic (exact) mass is 216 g/mol. The first-order valence-electron chi connectivity index (χ1n) is 4.57. The molecule has 2 rings (SSSR count). The van der Waals surface area contributed by atoms with Gasteiger partial charge in [-0.3, -0.25) is 10.1 Å². The van der Waals surface area contributed by atoms with Crippen molar-refractivity contribution >= 4 is 17.6 Å². The molecular weight excluding hydrogens is 208 g/mol. The standard InChI is InChI=1S/C11H8N2O3/c14-13(15)11-4-2-1-3-10(11)12-7-9-5-6-16-8-9/h1-8H. The van der Waals surface area contributed by atoms with Gasteiger partial charge in [0.25, 0.3) is 5.69 Å². The van der Waals surface area contributed by atoms with Gasteiger partial charge in [-0.05, 0) is 12.1 Å². The Hall–Kier alpha value is -2.43. The topological polar surface area (TPSA) is 68.6 Å². The Balaban J connectivity index is 2.31. The third-order valence-electron chi connectivity index (χ3n) is 1.97. The van der Waals surface area contributed by atoms with Crippen molar-refractivity contribution in [3.63, 3.8) is 0 Å². The molecule has 5 nitrogen and oxygen atoms in total. The molecule has 16 heavy (non-hydrogen) atoms. The molecular formula is C11H8N2O3. The van der Waals surface area contributed by atoms with Crippen LogP contribution in [-0.2, 0) is 0 Å². The van der Waals surface area contributed by atoms with Crippen molar-refractivity contribution in [3.8, 4) is 0 Å². The molecule has 2 aromatic rings. The van der Waals surface area contributed by atoms with Crippen molar-refractivity contribution in [2.24, 2.45) is 4.99 Å². The van der Waals surface area contributed by atoms with Crippen molar-refractivity contribution < 1.29 is 9.34 Å². The predicted molar refractivity (Wildman–Crippen MR) is 59.1 cm³/mol. The molecule has 0 saturated carbocycles. The lowest BCUT2D eigenvalue weighted by molar-refractivity contribution is -0.384. The first-order chi connectivity index (χ1) is 7.77. The second-order valence-electron chi connectivity index (χ2n) is 3.06. The van der Waals surface area contributed by atoms with Crippen LogP contribution >= 0.6 is 0 Å². The number of benzene rings is 1. The van der Waals surface area contributed by atoms with Crippen LogP contribution < -0.4 is 0 Å². The Bertz CT molecular complexity index is 518. The highest BCUT2D eigenvalue weighted by Crippen LogP contribution is 2.25. The molecule has 0 aliphatic carbocycles. The van der Waals surface area contributed by atoms with Crippen LogP contribution in [0.5, 0.6) is 0 Å². The number of nitrogens with zero attached hydrogens (tertiary/aromatic N) is 2. The second-order valence-corrected chi connectivity index (χ2v) is 3.06. The summed E-state index contributed by atoms with van der Waals surface area (Å²) < 4.78 is 4.86. The van der Waals surface area contributed by atoms with Gasteiger partial charge in [-0.2, -0.15) is 0 Å². The maximum absolute atomic E-state index is 10.7. The van der Waals surface area contributed by atoms with Crippen LogP contribution in [0.2, 0.25) is 0 Å². The summed E-state index contributed by atoms with van der Waals surface area (Å²) >= 11 is 0. The molecule has 0 aliphatic rings. The van der Waals surface area contributed by atoms with Crippen LogP contribution in [0.3, 0.4) is 0 Å². The second kappa shape index (κ2) is 4.39. The minimum Gasteiger partial charge on any atom is -0.472 e. The van der Waals surface area contributed by atoms with Gasteiger partial charge in [0.15, 0.2) is 0 Å².